The molecule has 2 fully saturated rings. The Morgan fingerprint density at radius 1 is 1.24 bits per heavy atom. The van der Waals surface area contributed by atoms with E-state index >= 15 is 4.39 Å². The molecule has 2 aliphatic heterocycles. The SMILES string of the molecule is CC(C)(C)C[C@H]1N[C@@H](C(=O)N[C@H]2CC[C@@](C)(O)C2)[C@H](c2cccc(Cl)c2F)[C@@]12C(=O)Nc1cc(Cl)ccc12. The van der Waals surface area contributed by atoms with Crippen LogP contribution in [0.1, 0.15) is 70.4 Å². The molecule has 1 saturated carbocycles. The standard InChI is InChI=1S/C29H34Cl2FN3O3/c1-27(2,3)14-21-29(18-9-8-15(30)12-20(18)34-26(29)37)22(17-6-5-7-19(31)23(17)32)24(35-21)25(36)33-16-10-11-28(4,38)13-16/h5-9,12,16,21-22,24,35,38H,10-11,13-14H2,1-4H3,(H,33,36)(H,34,37)/t16-,21+,22-,24+,28+,29-/m0/s1. The second-order valence-corrected chi connectivity index (χ2v) is 13.4. The Hall–Kier alpha value is -2.19. The second kappa shape index (κ2) is 9.47. The molecule has 0 radical (unpaired) electrons. The summed E-state index contributed by atoms with van der Waals surface area (Å²) in [6, 6.07) is 8.29. The number of rotatable bonds is 4. The van der Waals surface area contributed by atoms with E-state index in [0.29, 0.717) is 42.0 Å². The maximum absolute atomic E-state index is 15.8. The van der Waals surface area contributed by atoms with Crippen LogP contribution in [0.5, 0.6) is 0 Å². The van der Waals surface area contributed by atoms with Crippen LogP contribution in [-0.4, -0.2) is 40.6 Å². The number of nitrogens with one attached hydrogen (secondary N) is 3. The van der Waals surface area contributed by atoms with Crippen LogP contribution in [0, 0.1) is 11.2 Å². The highest BCUT2D eigenvalue weighted by molar-refractivity contribution is 6.31. The van der Waals surface area contributed by atoms with Crippen molar-refractivity contribution in [1.29, 1.82) is 0 Å². The summed E-state index contributed by atoms with van der Waals surface area (Å²) in [5, 5.41) is 20.4. The quantitative estimate of drug-likeness (QED) is 0.407. The maximum Gasteiger partial charge on any atom is 0.238 e. The molecule has 3 aliphatic rings. The van der Waals surface area contributed by atoms with Gasteiger partial charge in [-0.05, 0) is 67.3 Å². The topological polar surface area (TPSA) is 90.5 Å². The van der Waals surface area contributed by atoms with Crippen molar-refractivity contribution in [3.63, 3.8) is 0 Å². The van der Waals surface area contributed by atoms with E-state index in [4.69, 9.17) is 23.2 Å². The number of anilines is 1. The molecule has 1 aliphatic carbocycles. The lowest BCUT2D eigenvalue weighted by atomic mass is 9.62. The average Bonchev–Trinajstić information content (AvgIpc) is 3.41. The average molecular weight is 563 g/mol. The predicted octanol–water partition coefficient (Wildman–Crippen LogP) is 5.30. The van der Waals surface area contributed by atoms with Crippen LogP contribution in [0.15, 0.2) is 36.4 Å². The third-order valence-electron chi connectivity index (χ3n) is 8.28. The Bertz CT molecular complexity index is 1290. The van der Waals surface area contributed by atoms with Crippen molar-refractivity contribution in [3.8, 4) is 0 Å². The van der Waals surface area contributed by atoms with Crippen LogP contribution in [0.4, 0.5) is 10.1 Å². The lowest BCUT2D eigenvalue weighted by Crippen LogP contribution is -2.49. The molecule has 6 atom stereocenters. The Balaban J connectivity index is 1.68. The van der Waals surface area contributed by atoms with Gasteiger partial charge in [-0.15, -0.1) is 0 Å². The van der Waals surface area contributed by atoms with Gasteiger partial charge in [0.05, 0.1) is 16.7 Å². The lowest BCUT2D eigenvalue weighted by molar-refractivity contribution is -0.124. The van der Waals surface area contributed by atoms with Gasteiger partial charge in [0.2, 0.25) is 11.8 Å². The van der Waals surface area contributed by atoms with Gasteiger partial charge in [-0.1, -0.05) is 62.2 Å². The first kappa shape index (κ1) is 27.4. The summed E-state index contributed by atoms with van der Waals surface area (Å²) in [4.78, 5) is 28.1. The fraction of sp³-hybridized carbons (Fsp3) is 0.517. The number of hydrogen-bond acceptors (Lipinski definition) is 4. The third-order valence-corrected chi connectivity index (χ3v) is 8.81. The van der Waals surface area contributed by atoms with Gasteiger partial charge in [-0.3, -0.25) is 9.59 Å². The molecule has 0 unspecified atom stereocenters. The molecule has 6 nitrogen and oxygen atoms in total. The van der Waals surface area contributed by atoms with Gasteiger partial charge in [-0.2, -0.15) is 0 Å². The highest BCUT2D eigenvalue weighted by Crippen LogP contribution is 2.57. The minimum absolute atomic E-state index is 0.0716. The monoisotopic (exact) mass is 561 g/mol. The molecule has 5 rings (SSSR count). The summed E-state index contributed by atoms with van der Waals surface area (Å²) in [7, 11) is 0. The van der Waals surface area contributed by atoms with Crippen molar-refractivity contribution in [2.75, 3.05) is 5.32 Å². The van der Waals surface area contributed by atoms with E-state index in [2.05, 4.69) is 36.7 Å². The van der Waals surface area contributed by atoms with E-state index < -0.39 is 34.8 Å². The zero-order chi connectivity index (χ0) is 27.6. The molecule has 38 heavy (non-hydrogen) atoms. The molecule has 204 valence electrons. The minimum atomic E-state index is -1.29. The Morgan fingerprint density at radius 2 is 1.97 bits per heavy atom. The smallest absolute Gasteiger partial charge is 0.238 e. The molecular weight excluding hydrogens is 528 g/mol. The van der Waals surface area contributed by atoms with E-state index in [1.54, 1.807) is 37.3 Å². The van der Waals surface area contributed by atoms with Crippen molar-refractivity contribution in [1.82, 2.24) is 10.6 Å². The Labute approximate surface area is 232 Å². The molecule has 1 saturated heterocycles. The highest BCUT2D eigenvalue weighted by Gasteiger charge is 2.66. The van der Waals surface area contributed by atoms with Crippen LogP contribution < -0.4 is 16.0 Å². The van der Waals surface area contributed by atoms with Gasteiger partial charge in [0.15, 0.2) is 0 Å². The summed E-state index contributed by atoms with van der Waals surface area (Å²) in [6.07, 6.45) is 2.19. The van der Waals surface area contributed by atoms with Gasteiger partial charge < -0.3 is 21.1 Å². The van der Waals surface area contributed by atoms with Crippen LogP contribution >= 0.6 is 23.2 Å². The normalized spacial score (nSPS) is 32.5. The first-order valence-corrected chi connectivity index (χ1v) is 13.8. The number of benzene rings is 2. The minimum Gasteiger partial charge on any atom is -0.390 e. The lowest BCUT2D eigenvalue weighted by Gasteiger charge is -2.37. The van der Waals surface area contributed by atoms with E-state index in [0.717, 1.165) is 0 Å². The Kier molecular flexibility index (Phi) is 6.83. The number of carbonyl (C=O) groups is 2. The van der Waals surface area contributed by atoms with Gasteiger partial charge in [0.25, 0.3) is 0 Å². The summed E-state index contributed by atoms with van der Waals surface area (Å²) in [6.45, 7) is 7.97. The van der Waals surface area contributed by atoms with Gasteiger partial charge in [0, 0.05) is 28.7 Å². The van der Waals surface area contributed by atoms with Crippen LogP contribution in [0.25, 0.3) is 0 Å². The van der Waals surface area contributed by atoms with Crippen molar-refractivity contribution in [3.05, 3.63) is 63.4 Å². The molecule has 2 aromatic carbocycles. The zero-order valence-corrected chi connectivity index (χ0v) is 23.5. The van der Waals surface area contributed by atoms with Gasteiger partial charge in [-0.25, -0.2) is 4.39 Å². The van der Waals surface area contributed by atoms with Gasteiger partial charge >= 0.3 is 0 Å². The number of aliphatic hydroxyl groups is 1. The van der Waals surface area contributed by atoms with Crippen LogP contribution in [0.3, 0.4) is 0 Å². The molecule has 4 N–H and O–H groups in total. The largest absolute Gasteiger partial charge is 0.390 e. The number of carbonyl (C=O) groups excluding carboxylic acids is 2. The van der Waals surface area contributed by atoms with E-state index in [1.165, 1.54) is 6.07 Å². The molecule has 0 bridgehead atoms. The molecule has 1 spiro atoms. The van der Waals surface area contributed by atoms with Crippen LogP contribution in [-0.2, 0) is 15.0 Å². The molecule has 9 heteroatoms. The molecule has 0 aromatic heterocycles. The number of amides is 2. The number of hydrogen-bond donors (Lipinski definition) is 4. The second-order valence-electron chi connectivity index (χ2n) is 12.5. The van der Waals surface area contributed by atoms with Crippen molar-refractivity contribution >= 4 is 40.7 Å². The highest BCUT2D eigenvalue weighted by atomic mass is 35.5. The predicted molar refractivity (Wildman–Crippen MR) is 147 cm³/mol. The fourth-order valence-electron chi connectivity index (χ4n) is 6.79. The van der Waals surface area contributed by atoms with Crippen LogP contribution in [0.2, 0.25) is 10.0 Å². The molecule has 2 amide bonds. The van der Waals surface area contributed by atoms with Gasteiger partial charge in [0.1, 0.15) is 11.2 Å². The number of fused-ring (bicyclic) bond motifs is 2. The Morgan fingerprint density at radius 3 is 2.63 bits per heavy atom. The molecule has 2 aromatic rings. The number of halogens is 3. The van der Waals surface area contributed by atoms with E-state index in [9.17, 15) is 14.7 Å². The van der Waals surface area contributed by atoms with Crippen molar-refractivity contribution in [2.45, 2.75) is 88.4 Å². The summed E-state index contributed by atoms with van der Waals surface area (Å²) in [5.74, 6) is -2.17. The summed E-state index contributed by atoms with van der Waals surface area (Å²) >= 11 is 12.5. The van der Waals surface area contributed by atoms with E-state index in [1.807, 2.05) is 0 Å². The molecular formula is C29H34Cl2FN3O3. The first-order valence-electron chi connectivity index (χ1n) is 13.1. The summed E-state index contributed by atoms with van der Waals surface area (Å²) in [5.41, 5.74) is -0.910. The molecule has 2 heterocycles. The first-order chi connectivity index (χ1) is 17.7. The fourth-order valence-corrected chi connectivity index (χ4v) is 7.14. The maximum atomic E-state index is 15.8. The summed E-state index contributed by atoms with van der Waals surface area (Å²) < 4.78 is 15.8. The van der Waals surface area contributed by atoms with E-state index in [-0.39, 0.29) is 33.9 Å². The zero-order valence-electron chi connectivity index (χ0n) is 22.0. The van der Waals surface area contributed by atoms with Crippen molar-refractivity contribution in [2.24, 2.45) is 5.41 Å². The third kappa shape index (κ3) is 4.61. The van der Waals surface area contributed by atoms with Crippen molar-refractivity contribution < 1.29 is 19.1 Å².